The maximum atomic E-state index is 12.5. The van der Waals surface area contributed by atoms with E-state index in [-0.39, 0.29) is 18.7 Å². The van der Waals surface area contributed by atoms with Gasteiger partial charge in [-0.2, -0.15) is 0 Å². The molecule has 5 nitrogen and oxygen atoms in total. The standard InChI is InChI=1S/C18H28N2O3/c1-4-23-16-9-10-17(13(2)11-16)19-18(22)20(3)15-7-5-14(12-21)6-8-15/h9-11,14-15,21H,4-8,12H2,1-3H3,(H,19,22). The van der Waals surface area contributed by atoms with Gasteiger partial charge in [-0.1, -0.05) is 0 Å². The first-order valence-corrected chi connectivity index (χ1v) is 8.43. The second kappa shape index (κ2) is 8.20. The summed E-state index contributed by atoms with van der Waals surface area (Å²) >= 11 is 0. The number of aliphatic hydroxyl groups excluding tert-OH is 1. The van der Waals surface area contributed by atoms with Gasteiger partial charge in [-0.3, -0.25) is 0 Å². The molecule has 0 aliphatic heterocycles. The highest BCUT2D eigenvalue weighted by Crippen LogP contribution is 2.27. The minimum atomic E-state index is -0.0790. The van der Waals surface area contributed by atoms with E-state index in [4.69, 9.17) is 4.74 Å². The molecule has 1 aromatic rings. The second-order valence-electron chi connectivity index (χ2n) is 6.31. The van der Waals surface area contributed by atoms with Crippen LogP contribution in [0.25, 0.3) is 0 Å². The Kier molecular flexibility index (Phi) is 6.28. The summed E-state index contributed by atoms with van der Waals surface area (Å²) < 4.78 is 5.47. The lowest BCUT2D eigenvalue weighted by Crippen LogP contribution is -2.42. The van der Waals surface area contributed by atoms with Crippen molar-refractivity contribution in [3.05, 3.63) is 23.8 Å². The van der Waals surface area contributed by atoms with Crippen molar-refractivity contribution in [1.29, 1.82) is 0 Å². The van der Waals surface area contributed by atoms with Crippen molar-refractivity contribution in [1.82, 2.24) is 4.90 Å². The Morgan fingerprint density at radius 2 is 2.04 bits per heavy atom. The van der Waals surface area contributed by atoms with Gasteiger partial charge in [-0.15, -0.1) is 0 Å². The van der Waals surface area contributed by atoms with Crippen molar-refractivity contribution in [3.63, 3.8) is 0 Å². The zero-order valence-electron chi connectivity index (χ0n) is 14.3. The third-order valence-corrected chi connectivity index (χ3v) is 4.69. The van der Waals surface area contributed by atoms with E-state index in [0.29, 0.717) is 12.5 Å². The van der Waals surface area contributed by atoms with Gasteiger partial charge in [-0.25, -0.2) is 4.79 Å². The normalized spacial score (nSPS) is 20.9. The molecule has 1 aliphatic carbocycles. The van der Waals surface area contributed by atoms with Crippen LogP contribution in [-0.2, 0) is 0 Å². The van der Waals surface area contributed by atoms with Gasteiger partial charge in [0, 0.05) is 25.4 Å². The highest BCUT2D eigenvalue weighted by molar-refractivity contribution is 5.90. The number of ether oxygens (including phenoxy) is 1. The van der Waals surface area contributed by atoms with Crippen LogP contribution in [0.5, 0.6) is 5.75 Å². The number of rotatable bonds is 5. The fourth-order valence-corrected chi connectivity index (χ4v) is 3.12. The minimum Gasteiger partial charge on any atom is -0.494 e. The molecule has 2 N–H and O–H groups in total. The molecule has 0 atom stereocenters. The quantitative estimate of drug-likeness (QED) is 0.874. The smallest absolute Gasteiger partial charge is 0.321 e. The lowest BCUT2D eigenvalue weighted by Gasteiger charge is -2.34. The van der Waals surface area contributed by atoms with E-state index in [1.54, 1.807) is 4.90 Å². The van der Waals surface area contributed by atoms with Crippen molar-refractivity contribution < 1.29 is 14.6 Å². The number of anilines is 1. The van der Waals surface area contributed by atoms with Gasteiger partial charge in [0.15, 0.2) is 0 Å². The van der Waals surface area contributed by atoms with Crippen LogP contribution in [0, 0.1) is 12.8 Å². The van der Waals surface area contributed by atoms with Gasteiger partial charge in [-0.05, 0) is 69.2 Å². The lowest BCUT2D eigenvalue weighted by molar-refractivity contribution is 0.139. The van der Waals surface area contributed by atoms with Crippen molar-refractivity contribution in [2.24, 2.45) is 5.92 Å². The Balaban J connectivity index is 1.93. The highest BCUT2D eigenvalue weighted by Gasteiger charge is 2.26. The van der Waals surface area contributed by atoms with Gasteiger partial charge in [0.25, 0.3) is 0 Å². The van der Waals surface area contributed by atoms with E-state index in [1.165, 1.54) is 0 Å². The van der Waals surface area contributed by atoms with E-state index >= 15 is 0 Å². The molecule has 0 bridgehead atoms. The molecule has 2 rings (SSSR count). The molecule has 1 aliphatic rings. The van der Waals surface area contributed by atoms with Crippen LogP contribution in [0.1, 0.15) is 38.2 Å². The summed E-state index contributed by atoms with van der Waals surface area (Å²) in [6, 6.07) is 5.87. The topological polar surface area (TPSA) is 61.8 Å². The molecule has 0 unspecified atom stereocenters. The number of carbonyl (C=O) groups excluding carboxylic acids is 1. The van der Waals surface area contributed by atoms with E-state index in [9.17, 15) is 9.90 Å². The molecule has 0 radical (unpaired) electrons. The fraction of sp³-hybridized carbons (Fsp3) is 0.611. The molecule has 1 fully saturated rings. The van der Waals surface area contributed by atoms with Crippen LogP contribution in [0.3, 0.4) is 0 Å². The number of urea groups is 1. The van der Waals surface area contributed by atoms with E-state index < -0.39 is 0 Å². The Labute approximate surface area is 138 Å². The largest absolute Gasteiger partial charge is 0.494 e. The first-order valence-electron chi connectivity index (χ1n) is 8.43. The van der Waals surface area contributed by atoms with Crippen LogP contribution in [0.15, 0.2) is 18.2 Å². The monoisotopic (exact) mass is 320 g/mol. The van der Waals surface area contributed by atoms with Crippen LogP contribution in [0.2, 0.25) is 0 Å². The Morgan fingerprint density at radius 3 is 2.61 bits per heavy atom. The number of benzene rings is 1. The molecule has 5 heteroatoms. The first-order chi connectivity index (χ1) is 11.0. The van der Waals surface area contributed by atoms with E-state index in [1.807, 2.05) is 39.1 Å². The molecule has 128 valence electrons. The predicted molar refractivity (Wildman–Crippen MR) is 92.0 cm³/mol. The number of hydrogen-bond donors (Lipinski definition) is 2. The summed E-state index contributed by atoms with van der Waals surface area (Å²) in [7, 11) is 1.85. The average Bonchev–Trinajstić information content (AvgIpc) is 2.57. The first kappa shape index (κ1) is 17.6. The number of hydrogen-bond acceptors (Lipinski definition) is 3. The molecule has 1 saturated carbocycles. The van der Waals surface area contributed by atoms with Gasteiger partial charge >= 0.3 is 6.03 Å². The molecule has 0 spiro atoms. The van der Waals surface area contributed by atoms with Gasteiger partial charge < -0.3 is 20.1 Å². The van der Waals surface area contributed by atoms with Gasteiger partial charge in [0.05, 0.1) is 6.61 Å². The zero-order chi connectivity index (χ0) is 16.8. The maximum Gasteiger partial charge on any atom is 0.321 e. The fourth-order valence-electron chi connectivity index (χ4n) is 3.12. The summed E-state index contributed by atoms with van der Waals surface area (Å²) in [5, 5.41) is 12.2. The summed E-state index contributed by atoms with van der Waals surface area (Å²) in [6.07, 6.45) is 3.89. The molecule has 0 heterocycles. The van der Waals surface area contributed by atoms with Crippen LogP contribution >= 0.6 is 0 Å². The summed E-state index contributed by atoms with van der Waals surface area (Å²) in [6.45, 7) is 4.80. The summed E-state index contributed by atoms with van der Waals surface area (Å²) in [5.74, 6) is 1.22. The minimum absolute atomic E-state index is 0.0790. The zero-order valence-corrected chi connectivity index (χ0v) is 14.3. The summed E-state index contributed by atoms with van der Waals surface area (Å²) in [5.41, 5.74) is 1.80. The number of nitrogens with one attached hydrogen (secondary N) is 1. The Bertz CT molecular complexity index is 525. The van der Waals surface area contributed by atoms with Crippen molar-refractivity contribution in [2.45, 2.75) is 45.6 Å². The molecular formula is C18H28N2O3. The predicted octanol–water partition coefficient (Wildman–Crippen LogP) is 3.41. The van der Waals surface area contributed by atoms with Crippen LogP contribution in [0.4, 0.5) is 10.5 Å². The van der Waals surface area contributed by atoms with Crippen molar-refractivity contribution in [3.8, 4) is 5.75 Å². The second-order valence-corrected chi connectivity index (χ2v) is 6.31. The molecule has 0 aromatic heterocycles. The third kappa shape index (κ3) is 4.61. The van der Waals surface area contributed by atoms with Crippen LogP contribution < -0.4 is 10.1 Å². The number of aryl methyl sites for hydroxylation is 1. The van der Waals surface area contributed by atoms with E-state index in [0.717, 1.165) is 42.7 Å². The number of aliphatic hydroxyl groups is 1. The van der Waals surface area contributed by atoms with E-state index in [2.05, 4.69) is 5.32 Å². The Morgan fingerprint density at radius 1 is 1.35 bits per heavy atom. The molecular weight excluding hydrogens is 292 g/mol. The van der Waals surface area contributed by atoms with Gasteiger partial charge in [0.1, 0.15) is 5.75 Å². The number of nitrogens with zero attached hydrogens (tertiary/aromatic N) is 1. The number of amides is 2. The molecule has 1 aromatic carbocycles. The molecule has 2 amide bonds. The Hall–Kier alpha value is -1.75. The maximum absolute atomic E-state index is 12.5. The lowest BCUT2D eigenvalue weighted by atomic mass is 9.86. The van der Waals surface area contributed by atoms with Gasteiger partial charge in [0.2, 0.25) is 0 Å². The number of carbonyl (C=O) groups is 1. The third-order valence-electron chi connectivity index (χ3n) is 4.69. The van der Waals surface area contributed by atoms with Crippen molar-refractivity contribution in [2.75, 3.05) is 25.6 Å². The highest BCUT2D eigenvalue weighted by atomic mass is 16.5. The van der Waals surface area contributed by atoms with Crippen LogP contribution in [-0.4, -0.2) is 42.3 Å². The average molecular weight is 320 g/mol. The summed E-state index contributed by atoms with van der Waals surface area (Å²) in [4.78, 5) is 14.3. The van der Waals surface area contributed by atoms with Crippen molar-refractivity contribution >= 4 is 11.7 Å². The molecule has 23 heavy (non-hydrogen) atoms. The SMILES string of the molecule is CCOc1ccc(NC(=O)N(C)C2CCC(CO)CC2)c(C)c1. The molecule has 0 saturated heterocycles.